The van der Waals surface area contributed by atoms with Gasteiger partial charge in [-0.05, 0) is 20.3 Å². The van der Waals surface area contributed by atoms with Gasteiger partial charge in [0.2, 0.25) is 0 Å². The van der Waals surface area contributed by atoms with E-state index in [1.807, 2.05) is 20.9 Å². The molecule has 2 heterocycles. The van der Waals surface area contributed by atoms with Gasteiger partial charge in [-0.25, -0.2) is 4.98 Å². The molecule has 2 N–H and O–H groups in total. The SMILES string of the molecule is CC(N)c1nc(C(=O)N(C)C2CCOC2C)cs1. The van der Waals surface area contributed by atoms with Crippen LogP contribution in [0.4, 0.5) is 0 Å². The minimum absolute atomic E-state index is 0.0551. The molecule has 1 fully saturated rings. The van der Waals surface area contributed by atoms with Gasteiger partial charge in [0.05, 0.1) is 18.2 Å². The lowest BCUT2D eigenvalue weighted by atomic mass is 10.1. The summed E-state index contributed by atoms with van der Waals surface area (Å²) in [5, 5.41) is 2.57. The predicted octanol–water partition coefficient (Wildman–Crippen LogP) is 1.41. The molecule has 3 unspecified atom stereocenters. The summed E-state index contributed by atoms with van der Waals surface area (Å²) in [5.74, 6) is -0.0551. The van der Waals surface area contributed by atoms with Crippen LogP contribution < -0.4 is 5.73 Å². The average molecular weight is 269 g/mol. The highest BCUT2D eigenvalue weighted by atomic mass is 32.1. The van der Waals surface area contributed by atoms with Crippen molar-refractivity contribution in [1.82, 2.24) is 9.88 Å². The molecule has 100 valence electrons. The van der Waals surface area contributed by atoms with E-state index in [1.54, 1.807) is 10.3 Å². The van der Waals surface area contributed by atoms with E-state index in [4.69, 9.17) is 10.5 Å². The van der Waals surface area contributed by atoms with Crippen molar-refractivity contribution in [2.45, 2.75) is 38.5 Å². The van der Waals surface area contributed by atoms with Gasteiger partial charge >= 0.3 is 0 Å². The largest absolute Gasteiger partial charge is 0.376 e. The van der Waals surface area contributed by atoms with Gasteiger partial charge in [0.15, 0.2) is 0 Å². The summed E-state index contributed by atoms with van der Waals surface area (Å²) in [6.07, 6.45) is 0.971. The monoisotopic (exact) mass is 269 g/mol. The third kappa shape index (κ3) is 2.55. The first-order valence-electron chi connectivity index (χ1n) is 6.10. The molecule has 5 nitrogen and oxygen atoms in total. The maximum absolute atomic E-state index is 12.3. The van der Waals surface area contributed by atoms with Crippen LogP contribution in [0, 0.1) is 0 Å². The Hall–Kier alpha value is -0.980. The normalized spacial score (nSPS) is 25.1. The van der Waals surface area contributed by atoms with Crippen LogP contribution in [0.2, 0.25) is 0 Å². The standard InChI is InChI=1S/C12H19N3O2S/c1-7(13)11-14-9(6-18-11)12(16)15(3)10-4-5-17-8(10)2/h6-8,10H,4-5,13H2,1-3H3. The quantitative estimate of drug-likeness (QED) is 0.901. The van der Waals surface area contributed by atoms with Gasteiger partial charge in [0, 0.05) is 19.0 Å². The number of aromatic nitrogens is 1. The van der Waals surface area contributed by atoms with Crippen molar-refractivity contribution in [3.63, 3.8) is 0 Å². The number of hydrogen-bond acceptors (Lipinski definition) is 5. The lowest BCUT2D eigenvalue weighted by Crippen LogP contribution is -2.41. The molecule has 3 atom stereocenters. The summed E-state index contributed by atoms with van der Waals surface area (Å²) >= 11 is 1.43. The van der Waals surface area contributed by atoms with Crippen molar-refractivity contribution in [2.75, 3.05) is 13.7 Å². The number of nitrogens with zero attached hydrogens (tertiary/aromatic N) is 2. The summed E-state index contributed by atoms with van der Waals surface area (Å²) in [6.45, 7) is 4.57. The third-order valence-corrected chi connectivity index (χ3v) is 4.33. The number of carbonyl (C=O) groups excluding carboxylic acids is 1. The van der Waals surface area contributed by atoms with Crippen LogP contribution in [-0.2, 0) is 4.74 Å². The van der Waals surface area contributed by atoms with E-state index in [0.29, 0.717) is 12.3 Å². The van der Waals surface area contributed by atoms with Crippen LogP contribution in [0.5, 0.6) is 0 Å². The van der Waals surface area contributed by atoms with Crippen molar-refractivity contribution in [1.29, 1.82) is 0 Å². The maximum Gasteiger partial charge on any atom is 0.273 e. The van der Waals surface area contributed by atoms with E-state index in [-0.39, 0.29) is 24.1 Å². The fraction of sp³-hybridized carbons (Fsp3) is 0.667. The topological polar surface area (TPSA) is 68.5 Å². The number of rotatable bonds is 3. The number of ether oxygens (including phenoxy) is 1. The molecule has 18 heavy (non-hydrogen) atoms. The molecule has 1 amide bonds. The van der Waals surface area contributed by atoms with Crippen molar-refractivity contribution < 1.29 is 9.53 Å². The lowest BCUT2D eigenvalue weighted by molar-refractivity contribution is 0.0570. The van der Waals surface area contributed by atoms with E-state index in [1.165, 1.54) is 11.3 Å². The first-order valence-corrected chi connectivity index (χ1v) is 6.98. The molecule has 1 aliphatic heterocycles. The highest BCUT2D eigenvalue weighted by Crippen LogP contribution is 2.22. The molecule has 1 aromatic heterocycles. The summed E-state index contributed by atoms with van der Waals surface area (Å²) in [7, 11) is 1.81. The van der Waals surface area contributed by atoms with Crippen molar-refractivity contribution in [2.24, 2.45) is 5.73 Å². The summed E-state index contributed by atoms with van der Waals surface area (Å²) < 4.78 is 5.48. The van der Waals surface area contributed by atoms with Gasteiger partial charge in [-0.3, -0.25) is 4.79 Å². The van der Waals surface area contributed by atoms with Crippen LogP contribution >= 0.6 is 11.3 Å². The first-order chi connectivity index (χ1) is 8.50. The van der Waals surface area contributed by atoms with E-state index >= 15 is 0 Å². The smallest absolute Gasteiger partial charge is 0.273 e. The Kier molecular flexibility index (Phi) is 3.99. The zero-order valence-electron chi connectivity index (χ0n) is 10.9. The van der Waals surface area contributed by atoms with Gasteiger partial charge in [0.1, 0.15) is 10.7 Å². The van der Waals surface area contributed by atoms with E-state index in [9.17, 15) is 4.79 Å². The maximum atomic E-state index is 12.3. The molecule has 1 aliphatic rings. The molecule has 1 aromatic rings. The Bertz CT molecular complexity index is 433. The van der Waals surface area contributed by atoms with E-state index in [0.717, 1.165) is 11.4 Å². The first kappa shape index (κ1) is 13.5. The molecular weight excluding hydrogens is 250 g/mol. The average Bonchev–Trinajstić information content (AvgIpc) is 2.95. The van der Waals surface area contributed by atoms with Crippen LogP contribution in [0.15, 0.2) is 5.38 Å². The molecule has 1 saturated heterocycles. The third-order valence-electron chi connectivity index (χ3n) is 3.28. The summed E-state index contributed by atoms with van der Waals surface area (Å²) in [6, 6.07) is 0.00791. The molecule has 0 spiro atoms. The van der Waals surface area contributed by atoms with E-state index < -0.39 is 0 Å². The van der Waals surface area contributed by atoms with Crippen molar-refractivity contribution >= 4 is 17.2 Å². The number of nitrogens with two attached hydrogens (primary N) is 1. The summed E-state index contributed by atoms with van der Waals surface area (Å²) in [5.41, 5.74) is 6.23. The molecule has 0 aliphatic carbocycles. The second-order valence-electron chi connectivity index (χ2n) is 4.71. The van der Waals surface area contributed by atoms with Crippen molar-refractivity contribution in [3.05, 3.63) is 16.1 Å². The zero-order valence-corrected chi connectivity index (χ0v) is 11.7. The summed E-state index contributed by atoms with van der Waals surface area (Å²) in [4.78, 5) is 18.3. The Labute approximate surface area is 111 Å². The van der Waals surface area contributed by atoms with Gasteiger partial charge in [-0.1, -0.05) is 0 Å². The highest BCUT2D eigenvalue weighted by molar-refractivity contribution is 7.09. The fourth-order valence-electron chi connectivity index (χ4n) is 2.16. The minimum Gasteiger partial charge on any atom is -0.376 e. The van der Waals surface area contributed by atoms with Gasteiger partial charge in [-0.15, -0.1) is 11.3 Å². The second-order valence-corrected chi connectivity index (χ2v) is 5.60. The molecular formula is C12H19N3O2S. The number of thiazole rings is 1. The molecule has 0 bridgehead atoms. The highest BCUT2D eigenvalue weighted by Gasteiger charge is 2.31. The minimum atomic E-state index is -0.129. The van der Waals surface area contributed by atoms with Crippen LogP contribution in [-0.4, -0.2) is 41.6 Å². The number of carbonyl (C=O) groups is 1. The van der Waals surface area contributed by atoms with Gasteiger partial charge < -0.3 is 15.4 Å². The molecule has 0 saturated carbocycles. The van der Waals surface area contributed by atoms with E-state index in [2.05, 4.69) is 4.98 Å². The fourth-order valence-corrected chi connectivity index (χ4v) is 2.91. The van der Waals surface area contributed by atoms with Crippen LogP contribution in [0.1, 0.15) is 41.8 Å². The number of amides is 1. The zero-order chi connectivity index (χ0) is 13.3. The molecule has 6 heteroatoms. The van der Waals surface area contributed by atoms with Crippen LogP contribution in [0.3, 0.4) is 0 Å². The van der Waals surface area contributed by atoms with Crippen LogP contribution in [0.25, 0.3) is 0 Å². The van der Waals surface area contributed by atoms with Gasteiger partial charge in [0.25, 0.3) is 5.91 Å². The molecule has 0 aromatic carbocycles. The molecule has 2 rings (SSSR count). The Morgan fingerprint density at radius 2 is 2.44 bits per heavy atom. The van der Waals surface area contributed by atoms with Gasteiger partial charge in [-0.2, -0.15) is 0 Å². The number of hydrogen-bond donors (Lipinski definition) is 1. The Balaban J connectivity index is 2.10. The molecule has 0 radical (unpaired) electrons. The predicted molar refractivity (Wildman–Crippen MR) is 70.6 cm³/mol. The Morgan fingerprint density at radius 3 is 2.94 bits per heavy atom. The Morgan fingerprint density at radius 1 is 1.72 bits per heavy atom. The lowest BCUT2D eigenvalue weighted by Gasteiger charge is -2.26. The number of likely N-dealkylation sites (N-methyl/N-ethyl adjacent to an activating group) is 1. The van der Waals surface area contributed by atoms with Crippen molar-refractivity contribution in [3.8, 4) is 0 Å². The second kappa shape index (κ2) is 5.34.